The van der Waals surface area contributed by atoms with Gasteiger partial charge in [-0.3, -0.25) is 14.2 Å². The summed E-state index contributed by atoms with van der Waals surface area (Å²) in [7, 11) is 0. The van der Waals surface area contributed by atoms with Crippen LogP contribution in [0, 0.1) is 6.92 Å². The van der Waals surface area contributed by atoms with Crippen LogP contribution in [0.1, 0.15) is 41.9 Å². The molecule has 2 aromatic rings. The van der Waals surface area contributed by atoms with E-state index in [1.807, 2.05) is 0 Å². The molecule has 2 unspecified atom stereocenters. The van der Waals surface area contributed by atoms with Gasteiger partial charge in [0.2, 0.25) is 0 Å². The molecule has 7 nitrogen and oxygen atoms in total. The largest absolute Gasteiger partial charge is 0.466 e. The molecule has 1 aliphatic rings. The third-order valence-electron chi connectivity index (χ3n) is 4.54. The molecule has 136 valence electrons. The minimum atomic E-state index is -1.04. The number of nitrogens with zero attached hydrogens (tertiary/aromatic N) is 2. The van der Waals surface area contributed by atoms with E-state index in [4.69, 9.17) is 9.84 Å². The van der Waals surface area contributed by atoms with Crippen molar-refractivity contribution in [3.8, 4) is 0 Å². The Morgan fingerprint density at radius 3 is 2.96 bits per heavy atom. The van der Waals surface area contributed by atoms with Crippen molar-refractivity contribution in [2.24, 2.45) is 0 Å². The van der Waals surface area contributed by atoms with E-state index in [2.05, 4.69) is 4.98 Å². The minimum absolute atomic E-state index is 0.0290. The second-order valence-electron chi connectivity index (χ2n) is 6.23. The Labute approximate surface area is 148 Å². The van der Waals surface area contributed by atoms with Crippen LogP contribution >= 0.6 is 11.3 Å². The van der Waals surface area contributed by atoms with Crippen molar-refractivity contribution in [2.45, 2.75) is 51.7 Å². The molecule has 0 amide bonds. The van der Waals surface area contributed by atoms with Crippen molar-refractivity contribution in [2.75, 3.05) is 13.2 Å². The van der Waals surface area contributed by atoms with Crippen LogP contribution < -0.4 is 5.56 Å². The predicted molar refractivity (Wildman–Crippen MR) is 94.0 cm³/mol. The summed E-state index contributed by atoms with van der Waals surface area (Å²) in [6, 6.07) is 0. The molecular weight excluding hydrogens is 344 g/mol. The zero-order chi connectivity index (χ0) is 18.1. The summed E-state index contributed by atoms with van der Waals surface area (Å²) in [4.78, 5) is 31.6. The maximum absolute atomic E-state index is 13.0. The highest BCUT2D eigenvalue weighted by Gasteiger charge is 2.33. The number of esters is 1. The molecule has 3 rings (SSSR count). The van der Waals surface area contributed by atoms with Crippen molar-refractivity contribution in [1.82, 2.24) is 9.55 Å². The molecule has 0 spiro atoms. The van der Waals surface area contributed by atoms with Crippen molar-refractivity contribution >= 4 is 27.5 Å². The van der Waals surface area contributed by atoms with Gasteiger partial charge < -0.3 is 14.9 Å². The first kappa shape index (κ1) is 18.0. The van der Waals surface area contributed by atoms with E-state index in [1.54, 1.807) is 13.8 Å². The van der Waals surface area contributed by atoms with Crippen molar-refractivity contribution in [1.29, 1.82) is 0 Å². The summed E-state index contributed by atoms with van der Waals surface area (Å²) >= 11 is 1.46. The Morgan fingerprint density at radius 1 is 1.52 bits per heavy atom. The minimum Gasteiger partial charge on any atom is -0.466 e. The van der Waals surface area contributed by atoms with Gasteiger partial charge in [-0.05, 0) is 38.7 Å². The zero-order valence-electron chi connectivity index (χ0n) is 14.3. The number of aromatic nitrogens is 2. The summed E-state index contributed by atoms with van der Waals surface area (Å²) in [5.41, 5.74) is 0.470. The maximum Gasteiger partial charge on any atom is 0.313 e. The summed E-state index contributed by atoms with van der Waals surface area (Å²) in [5.74, 6) is -0.257. The Hall–Kier alpha value is -1.77. The van der Waals surface area contributed by atoms with Crippen LogP contribution in [0.25, 0.3) is 10.2 Å². The first-order valence-electron chi connectivity index (χ1n) is 8.46. The molecule has 2 aromatic heterocycles. The van der Waals surface area contributed by atoms with Gasteiger partial charge in [-0.2, -0.15) is 0 Å². The van der Waals surface area contributed by atoms with E-state index >= 15 is 0 Å². The molecule has 0 radical (unpaired) electrons. The molecule has 0 saturated carbocycles. The van der Waals surface area contributed by atoms with Gasteiger partial charge in [-0.15, -0.1) is 11.3 Å². The second kappa shape index (κ2) is 7.23. The average molecular weight is 366 g/mol. The molecule has 0 fully saturated rings. The summed E-state index contributed by atoms with van der Waals surface area (Å²) in [6.07, 6.45) is 1.32. The number of aryl methyl sites for hydroxylation is 2. The number of ether oxygens (including phenoxy) is 1. The lowest BCUT2D eigenvalue weighted by molar-refractivity contribution is -0.145. The van der Waals surface area contributed by atoms with Gasteiger partial charge in [0.05, 0.1) is 37.2 Å². The van der Waals surface area contributed by atoms with Crippen LogP contribution in [-0.4, -0.2) is 45.1 Å². The van der Waals surface area contributed by atoms with E-state index in [9.17, 15) is 14.7 Å². The lowest BCUT2D eigenvalue weighted by atomic mass is 9.86. The fraction of sp³-hybridized carbons (Fsp3) is 0.588. The lowest BCUT2D eigenvalue weighted by Crippen LogP contribution is -2.31. The van der Waals surface area contributed by atoms with E-state index in [0.29, 0.717) is 29.1 Å². The quantitative estimate of drug-likeness (QED) is 0.769. The molecule has 1 aliphatic carbocycles. The van der Waals surface area contributed by atoms with E-state index in [0.717, 1.165) is 23.3 Å². The Morgan fingerprint density at radius 2 is 2.28 bits per heavy atom. The molecule has 0 saturated heterocycles. The highest BCUT2D eigenvalue weighted by molar-refractivity contribution is 7.18. The number of hydrogen-bond donors (Lipinski definition) is 2. The van der Waals surface area contributed by atoms with Crippen LogP contribution in [0.3, 0.4) is 0 Å². The molecule has 25 heavy (non-hydrogen) atoms. The highest BCUT2D eigenvalue weighted by Crippen LogP contribution is 2.41. The third-order valence-corrected chi connectivity index (χ3v) is 5.70. The monoisotopic (exact) mass is 366 g/mol. The van der Waals surface area contributed by atoms with Gasteiger partial charge in [0, 0.05) is 4.88 Å². The smallest absolute Gasteiger partial charge is 0.313 e. The number of fused-ring (bicyclic) bond motifs is 3. The molecule has 0 bridgehead atoms. The lowest BCUT2D eigenvalue weighted by Gasteiger charge is -2.21. The predicted octanol–water partition coefficient (Wildman–Crippen LogP) is 1.10. The molecule has 0 aliphatic heterocycles. The number of aliphatic hydroxyl groups is 2. The summed E-state index contributed by atoms with van der Waals surface area (Å²) in [6.45, 7) is 3.31. The third kappa shape index (κ3) is 3.21. The molecule has 2 atom stereocenters. The molecule has 2 N–H and O–H groups in total. The Kier molecular flexibility index (Phi) is 5.21. The van der Waals surface area contributed by atoms with Gasteiger partial charge in [-0.25, -0.2) is 4.98 Å². The van der Waals surface area contributed by atoms with Gasteiger partial charge in [-0.1, -0.05) is 0 Å². The summed E-state index contributed by atoms with van der Waals surface area (Å²) < 4.78 is 6.56. The van der Waals surface area contributed by atoms with Crippen molar-refractivity contribution in [3.63, 3.8) is 0 Å². The highest BCUT2D eigenvalue weighted by atomic mass is 32.1. The Balaban J connectivity index is 2.18. The normalized spacial score (nSPS) is 18.2. The first-order chi connectivity index (χ1) is 12.0. The van der Waals surface area contributed by atoms with Crippen LogP contribution in [0.4, 0.5) is 0 Å². The van der Waals surface area contributed by atoms with Crippen molar-refractivity contribution < 1.29 is 19.7 Å². The average Bonchev–Trinajstić information content (AvgIpc) is 2.96. The Bertz CT molecular complexity index is 857. The number of carbonyl (C=O) groups excluding carboxylic acids is 1. The van der Waals surface area contributed by atoms with E-state index in [1.165, 1.54) is 15.9 Å². The van der Waals surface area contributed by atoms with Crippen LogP contribution in [0.5, 0.6) is 0 Å². The fourth-order valence-corrected chi connectivity index (χ4v) is 4.69. The second-order valence-corrected chi connectivity index (χ2v) is 7.31. The van der Waals surface area contributed by atoms with Crippen LogP contribution in [-0.2, 0) is 22.5 Å². The van der Waals surface area contributed by atoms with Crippen molar-refractivity contribution in [3.05, 3.63) is 26.6 Å². The summed E-state index contributed by atoms with van der Waals surface area (Å²) in [5, 5.41) is 19.2. The van der Waals surface area contributed by atoms with Crippen LogP contribution in [0.15, 0.2) is 4.79 Å². The van der Waals surface area contributed by atoms with Crippen LogP contribution in [0.2, 0.25) is 0 Å². The molecule has 0 aromatic carbocycles. The molecular formula is C17H22N2O5S. The number of aliphatic hydroxyl groups excluding tert-OH is 2. The van der Waals surface area contributed by atoms with Gasteiger partial charge >= 0.3 is 5.97 Å². The van der Waals surface area contributed by atoms with E-state index < -0.39 is 18.6 Å². The molecule has 8 heteroatoms. The van der Waals surface area contributed by atoms with Gasteiger partial charge in [0.25, 0.3) is 5.56 Å². The topological polar surface area (TPSA) is 102 Å². The molecule has 2 heterocycles. The SMILES string of the molecule is CCOC(=O)C1CCCc2sc3nc(C)n(CC(O)CO)c(=O)c3c21. The zero-order valence-corrected chi connectivity index (χ0v) is 15.1. The first-order valence-corrected chi connectivity index (χ1v) is 9.27. The number of rotatable bonds is 5. The standard InChI is InChI=1S/C17H22N2O5S/c1-3-24-17(23)11-5-4-6-12-13(11)14-15(25-12)18-9(2)19(16(14)22)7-10(21)8-20/h10-11,20-21H,3-8H2,1-2H3. The number of hydrogen-bond acceptors (Lipinski definition) is 7. The van der Waals surface area contributed by atoms with Gasteiger partial charge in [0.1, 0.15) is 10.7 Å². The van der Waals surface area contributed by atoms with Gasteiger partial charge in [0.15, 0.2) is 0 Å². The number of thiophene rings is 1. The maximum atomic E-state index is 13.0. The fourth-order valence-electron chi connectivity index (χ4n) is 3.38. The number of carbonyl (C=O) groups is 1. The van der Waals surface area contributed by atoms with E-state index in [-0.39, 0.29) is 18.1 Å².